The van der Waals surface area contributed by atoms with Gasteiger partial charge in [0.2, 0.25) is 5.88 Å². The Morgan fingerprint density at radius 3 is 2.52 bits per heavy atom. The second kappa shape index (κ2) is 12.6. The van der Waals surface area contributed by atoms with E-state index in [2.05, 4.69) is 32.5 Å². The maximum absolute atomic E-state index is 13.0. The number of benzene rings is 1. The van der Waals surface area contributed by atoms with Gasteiger partial charge in [0.15, 0.2) is 5.96 Å². The van der Waals surface area contributed by atoms with Gasteiger partial charge in [0, 0.05) is 36.7 Å². The Balaban J connectivity index is 0.00000341. The molecule has 0 bridgehead atoms. The Bertz CT molecular complexity index is 957. The number of thiazole rings is 1. The van der Waals surface area contributed by atoms with Crippen LogP contribution in [-0.2, 0) is 13.0 Å². The number of aliphatic imine (C=N–C) groups is 1. The lowest BCUT2D eigenvalue weighted by Crippen LogP contribution is -2.38. The number of aryl methyl sites for hydroxylation is 2. The highest BCUT2D eigenvalue weighted by Crippen LogP contribution is 2.20. The lowest BCUT2D eigenvalue weighted by atomic mass is 10.3. The molecule has 0 unspecified atom stereocenters. The summed E-state index contributed by atoms with van der Waals surface area (Å²) in [5.74, 6) is 1.45. The summed E-state index contributed by atoms with van der Waals surface area (Å²) in [5.41, 5.74) is 2.07. The van der Waals surface area contributed by atoms with Crippen LogP contribution in [-0.4, -0.2) is 29.0 Å². The molecule has 0 spiro atoms. The van der Waals surface area contributed by atoms with Gasteiger partial charge in [0.05, 0.1) is 17.2 Å². The molecule has 0 fully saturated rings. The largest absolute Gasteiger partial charge is 0.439 e. The first-order valence-corrected chi connectivity index (χ1v) is 10.7. The summed E-state index contributed by atoms with van der Waals surface area (Å²) >= 11 is 1.74. The minimum absolute atomic E-state index is 0. The van der Waals surface area contributed by atoms with Crippen LogP contribution in [0.4, 0.5) is 4.39 Å². The molecule has 0 aliphatic carbocycles. The molecule has 0 atom stereocenters. The lowest BCUT2D eigenvalue weighted by molar-refractivity contribution is 0.461. The zero-order valence-corrected chi connectivity index (χ0v) is 21.0. The first-order valence-electron chi connectivity index (χ1n) is 9.87. The first kappa shape index (κ1) is 25.0. The molecule has 0 aliphatic rings. The van der Waals surface area contributed by atoms with Gasteiger partial charge in [-0.15, -0.1) is 35.3 Å². The highest BCUT2D eigenvalue weighted by molar-refractivity contribution is 14.0. The molecule has 0 radical (unpaired) electrons. The van der Waals surface area contributed by atoms with Gasteiger partial charge in [-0.3, -0.25) is 0 Å². The summed E-state index contributed by atoms with van der Waals surface area (Å²) in [6.07, 6.45) is 2.59. The molecular weight excluding hydrogens is 528 g/mol. The number of ether oxygens (including phenoxy) is 1. The van der Waals surface area contributed by atoms with Gasteiger partial charge in [0.1, 0.15) is 11.6 Å². The molecule has 3 aromatic rings. The third kappa shape index (κ3) is 8.06. The van der Waals surface area contributed by atoms with Crippen LogP contribution in [0.5, 0.6) is 11.6 Å². The average molecular weight is 555 g/mol. The Hall–Kier alpha value is -2.27. The van der Waals surface area contributed by atoms with Crippen LogP contribution in [0.15, 0.2) is 47.6 Å². The molecule has 0 saturated heterocycles. The van der Waals surface area contributed by atoms with E-state index in [1.54, 1.807) is 35.7 Å². The summed E-state index contributed by atoms with van der Waals surface area (Å²) < 4.78 is 18.6. The van der Waals surface area contributed by atoms with Crippen molar-refractivity contribution < 1.29 is 9.13 Å². The van der Waals surface area contributed by atoms with Crippen LogP contribution in [0.1, 0.15) is 28.1 Å². The summed E-state index contributed by atoms with van der Waals surface area (Å²) in [6, 6.07) is 9.53. The second-order valence-electron chi connectivity index (χ2n) is 6.68. The number of guanidine groups is 1. The molecule has 0 amide bonds. The van der Waals surface area contributed by atoms with Crippen molar-refractivity contribution in [2.24, 2.45) is 4.99 Å². The maximum atomic E-state index is 13.0. The molecular formula is C22H27FIN5OS. The zero-order valence-electron chi connectivity index (χ0n) is 17.8. The first-order chi connectivity index (χ1) is 14.5. The van der Waals surface area contributed by atoms with E-state index >= 15 is 0 Å². The van der Waals surface area contributed by atoms with E-state index in [0.29, 0.717) is 18.2 Å². The number of hydrogen-bond acceptors (Lipinski definition) is 5. The van der Waals surface area contributed by atoms with Crippen molar-refractivity contribution in [3.8, 4) is 11.6 Å². The number of hydrogen-bond donors (Lipinski definition) is 2. The van der Waals surface area contributed by atoms with Gasteiger partial charge in [-0.25, -0.2) is 19.4 Å². The van der Waals surface area contributed by atoms with E-state index in [1.165, 1.54) is 17.0 Å². The van der Waals surface area contributed by atoms with Gasteiger partial charge in [-0.1, -0.05) is 6.07 Å². The molecule has 166 valence electrons. The van der Waals surface area contributed by atoms with Crippen LogP contribution in [0, 0.1) is 19.7 Å². The van der Waals surface area contributed by atoms with Crippen molar-refractivity contribution in [1.82, 2.24) is 20.6 Å². The van der Waals surface area contributed by atoms with Crippen molar-refractivity contribution in [2.45, 2.75) is 33.7 Å². The predicted octanol–water partition coefficient (Wildman–Crippen LogP) is 5.00. The highest BCUT2D eigenvalue weighted by atomic mass is 127. The van der Waals surface area contributed by atoms with Crippen molar-refractivity contribution in [1.29, 1.82) is 0 Å². The molecule has 2 heterocycles. The SMILES string of the molecule is CCNC(=NCc1ccc(Oc2ccc(F)cc2)nc1)NCCc1nc(C)c(C)s1.I. The van der Waals surface area contributed by atoms with Crippen LogP contribution in [0.3, 0.4) is 0 Å². The Morgan fingerprint density at radius 2 is 1.90 bits per heavy atom. The standard InChI is InChI=1S/C22H26FN5OS.HI/c1-4-24-22(25-12-11-21-28-15(2)16(3)30-21)27-14-17-5-10-20(26-13-17)29-19-8-6-18(23)7-9-19;/h5-10,13H,4,11-12,14H2,1-3H3,(H2,24,25,27);1H. The van der Waals surface area contributed by atoms with E-state index in [-0.39, 0.29) is 29.8 Å². The number of halogens is 2. The molecule has 6 nitrogen and oxygen atoms in total. The normalized spacial score (nSPS) is 11.0. The van der Waals surface area contributed by atoms with Gasteiger partial charge >= 0.3 is 0 Å². The molecule has 3 rings (SSSR count). The number of nitrogens with zero attached hydrogens (tertiary/aromatic N) is 3. The summed E-state index contributed by atoms with van der Waals surface area (Å²) in [5, 5.41) is 7.73. The molecule has 31 heavy (non-hydrogen) atoms. The smallest absolute Gasteiger partial charge is 0.219 e. The van der Waals surface area contributed by atoms with Crippen LogP contribution in [0.25, 0.3) is 0 Å². The van der Waals surface area contributed by atoms with E-state index in [9.17, 15) is 4.39 Å². The predicted molar refractivity (Wildman–Crippen MR) is 134 cm³/mol. The van der Waals surface area contributed by atoms with Gasteiger partial charge < -0.3 is 15.4 Å². The van der Waals surface area contributed by atoms with Gasteiger partial charge in [-0.05, 0) is 50.6 Å². The Labute approximate surface area is 203 Å². The fraction of sp³-hybridized carbons (Fsp3) is 0.318. The number of rotatable bonds is 8. The Morgan fingerprint density at radius 1 is 1.13 bits per heavy atom. The van der Waals surface area contributed by atoms with E-state index in [1.807, 2.05) is 19.9 Å². The lowest BCUT2D eigenvalue weighted by Gasteiger charge is -2.10. The summed E-state index contributed by atoms with van der Waals surface area (Å²) in [4.78, 5) is 14.8. The fourth-order valence-electron chi connectivity index (χ4n) is 2.63. The minimum Gasteiger partial charge on any atom is -0.439 e. The third-order valence-electron chi connectivity index (χ3n) is 4.30. The van der Waals surface area contributed by atoms with E-state index in [0.717, 1.165) is 41.7 Å². The van der Waals surface area contributed by atoms with E-state index in [4.69, 9.17) is 4.74 Å². The number of nitrogens with one attached hydrogen (secondary N) is 2. The van der Waals surface area contributed by atoms with Crippen molar-refractivity contribution >= 4 is 41.3 Å². The van der Waals surface area contributed by atoms with Crippen molar-refractivity contribution in [2.75, 3.05) is 13.1 Å². The summed E-state index contributed by atoms with van der Waals surface area (Å²) in [6.45, 7) is 8.21. The molecule has 0 aliphatic heterocycles. The van der Waals surface area contributed by atoms with Gasteiger partial charge in [-0.2, -0.15) is 0 Å². The molecule has 2 aromatic heterocycles. The number of pyridine rings is 1. The van der Waals surface area contributed by atoms with E-state index < -0.39 is 0 Å². The minimum atomic E-state index is -0.300. The van der Waals surface area contributed by atoms with Crippen molar-refractivity contribution in [3.05, 3.63) is 69.6 Å². The van der Waals surface area contributed by atoms with Crippen LogP contribution in [0.2, 0.25) is 0 Å². The van der Waals surface area contributed by atoms with Crippen LogP contribution < -0.4 is 15.4 Å². The number of aromatic nitrogens is 2. The third-order valence-corrected chi connectivity index (χ3v) is 5.43. The molecule has 9 heteroatoms. The molecule has 0 saturated carbocycles. The quantitative estimate of drug-likeness (QED) is 0.233. The monoisotopic (exact) mass is 555 g/mol. The highest BCUT2D eigenvalue weighted by Gasteiger charge is 2.05. The van der Waals surface area contributed by atoms with Crippen LogP contribution >= 0.6 is 35.3 Å². The summed E-state index contributed by atoms with van der Waals surface area (Å²) in [7, 11) is 0. The molecule has 2 N–H and O–H groups in total. The molecule has 1 aromatic carbocycles. The fourth-order valence-corrected chi connectivity index (χ4v) is 3.57. The Kier molecular flexibility index (Phi) is 10.1. The topological polar surface area (TPSA) is 71.4 Å². The van der Waals surface area contributed by atoms with Gasteiger partial charge in [0.25, 0.3) is 0 Å². The second-order valence-corrected chi connectivity index (χ2v) is 7.97. The zero-order chi connectivity index (χ0) is 21.3. The maximum Gasteiger partial charge on any atom is 0.219 e. The average Bonchev–Trinajstić information content (AvgIpc) is 3.06. The van der Waals surface area contributed by atoms with Crippen molar-refractivity contribution in [3.63, 3.8) is 0 Å².